The molecule has 0 bridgehead atoms. The van der Waals surface area contributed by atoms with Crippen molar-refractivity contribution in [1.82, 2.24) is 9.97 Å². The Hall–Kier alpha value is -1.16. The Bertz CT molecular complexity index is 352. The first kappa shape index (κ1) is 12.3. The summed E-state index contributed by atoms with van der Waals surface area (Å²) < 4.78 is 0. The Kier molecular flexibility index (Phi) is 3.62. The molecule has 17 heavy (non-hydrogen) atoms. The molecule has 1 aromatic heterocycles. The Morgan fingerprint density at radius 2 is 1.88 bits per heavy atom. The van der Waals surface area contributed by atoms with Gasteiger partial charge in [0.25, 0.3) is 0 Å². The average molecular weight is 234 g/mol. The van der Waals surface area contributed by atoms with Crippen molar-refractivity contribution in [1.29, 1.82) is 0 Å². The van der Waals surface area contributed by atoms with Gasteiger partial charge in [-0.2, -0.15) is 0 Å². The van der Waals surface area contributed by atoms with Gasteiger partial charge >= 0.3 is 0 Å². The number of aromatic nitrogens is 2. The van der Waals surface area contributed by atoms with Crippen molar-refractivity contribution in [3.05, 3.63) is 18.0 Å². The number of hydrogen-bond acceptors (Lipinski definition) is 4. The molecule has 0 amide bonds. The Morgan fingerprint density at radius 1 is 1.29 bits per heavy atom. The van der Waals surface area contributed by atoms with Crippen LogP contribution in [0.3, 0.4) is 0 Å². The molecule has 4 heteroatoms. The molecule has 0 aliphatic carbocycles. The predicted molar refractivity (Wildman–Crippen MR) is 69.8 cm³/mol. The van der Waals surface area contributed by atoms with Gasteiger partial charge in [-0.1, -0.05) is 20.3 Å². The van der Waals surface area contributed by atoms with Gasteiger partial charge in [0, 0.05) is 37.6 Å². The summed E-state index contributed by atoms with van der Waals surface area (Å²) in [6, 6.07) is 0. The minimum Gasteiger partial charge on any atom is -0.341 e. The average Bonchev–Trinajstić information content (AvgIpc) is 2.40. The molecule has 4 nitrogen and oxygen atoms in total. The summed E-state index contributed by atoms with van der Waals surface area (Å²) in [5.41, 5.74) is 7.04. The van der Waals surface area contributed by atoms with Crippen molar-refractivity contribution in [2.75, 3.05) is 18.0 Å². The zero-order valence-corrected chi connectivity index (χ0v) is 10.8. The summed E-state index contributed by atoms with van der Waals surface area (Å²) in [4.78, 5) is 11.0. The molecule has 0 saturated carbocycles. The van der Waals surface area contributed by atoms with E-state index in [4.69, 9.17) is 5.73 Å². The lowest BCUT2D eigenvalue weighted by atomic mass is 9.78. The van der Waals surface area contributed by atoms with Gasteiger partial charge in [-0.15, -0.1) is 0 Å². The van der Waals surface area contributed by atoms with Crippen molar-refractivity contribution in [3.8, 4) is 0 Å². The standard InChI is InChI=1S/C13H22N4/c1-3-13(2)4-6-17(7-5-13)12-15-9-11(8-14)10-16-12/h9-10H,3-8,14H2,1-2H3. The number of anilines is 1. The van der Waals surface area contributed by atoms with Crippen LogP contribution in [0, 0.1) is 5.41 Å². The van der Waals surface area contributed by atoms with Crippen molar-refractivity contribution >= 4 is 5.95 Å². The summed E-state index contributed by atoms with van der Waals surface area (Å²) in [5, 5.41) is 0. The molecular formula is C13H22N4. The van der Waals surface area contributed by atoms with Gasteiger partial charge in [0.1, 0.15) is 0 Å². The van der Waals surface area contributed by atoms with E-state index in [1.54, 1.807) is 0 Å². The molecule has 2 N–H and O–H groups in total. The van der Waals surface area contributed by atoms with Crippen LogP contribution in [0.4, 0.5) is 5.95 Å². The Labute approximate surface area is 103 Å². The molecule has 94 valence electrons. The fraction of sp³-hybridized carbons (Fsp3) is 0.692. The molecular weight excluding hydrogens is 212 g/mol. The minimum absolute atomic E-state index is 0.508. The molecule has 0 spiro atoms. The maximum absolute atomic E-state index is 5.54. The van der Waals surface area contributed by atoms with Crippen LogP contribution in [0.15, 0.2) is 12.4 Å². The first-order valence-electron chi connectivity index (χ1n) is 6.43. The smallest absolute Gasteiger partial charge is 0.225 e. The quantitative estimate of drug-likeness (QED) is 0.868. The molecule has 1 aliphatic rings. The predicted octanol–water partition coefficient (Wildman–Crippen LogP) is 1.95. The van der Waals surface area contributed by atoms with E-state index >= 15 is 0 Å². The van der Waals surface area contributed by atoms with Crippen molar-refractivity contribution < 1.29 is 0 Å². The van der Waals surface area contributed by atoms with Gasteiger partial charge in [-0.05, 0) is 18.3 Å². The topological polar surface area (TPSA) is 55.0 Å². The van der Waals surface area contributed by atoms with Gasteiger partial charge in [0.15, 0.2) is 0 Å². The van der Waals surface area contributed by atoms with Gasteiger partial charge in [-0.3, -0.25) is 0 Å². The second kappa shape index (κ2) is 5.00. The molecule has 0 atom stereocenters. The van der Waals surface area contributed by atoms with Crippen LogP contribution in [0.2, 0.25) is 0 Å². The molecule has 0 radical (unpaired) electrons. The van der Waals surface area contributed by atoms with E-state index in [1.807, 2.05) is 12.4 Å². The highest BCUT2D eigenvalue weighted by Crippen LogP contribution is 2.34. The summed E-state index contributed by atoms with van der Waals surface area (Å²) >= 11 is 0. The van der Waals surface area contributed by atoms with Crippen molar-refractivity contribution in [2.24, 2.45) is 11.1 Å². The third-order valence-electron chi connectivity index (χ3n) is 4.03. The number of piperidine rings is 1. The van der Waals surface area contributed by atoms with Crippen LogP contribution in [0.25, 0.3) is 0 Å². The molecule has 1 saturated heterocycles. The van der Waals surface area contributed by atoms with Crippen LogP contribution in [0.5, 0.6) is 0 Å². The minimum atomic E-state index is 0.508. The third-order valence-corrected chi connectivity index (χ3v) is 4.03. The summed E-state index contributed by atoms with van der Waals surface area (Å²) in [5.74, 6) is 0.848. The summed E-state index contributed by atoms with van der Waals surface area (Å²) in [6.07, 6.45) is 7.37. The number of nitrogens with zero attached hydrogens (tertiary/aromatic N) is 3. The molecule has 1 fully saturated rings. The van der Waals surface area contributed by atoms with Gasteiger partial charge < -0.3 is 10.6 Å². The molecule has 2 rings (SSSR count). The summed E-state index contributed by atoms with van der Waals surface area (Å²) in [6.45, 7) is 7.29. The SMILES string of the molecule is CCC1(C)CCN(c2ncc(CN)cn2)CC1. The van der Waals surface area contributed by atoms with E-state index in [1.165, 1.54) is 19.3 Å². The maximum Gasteiger partial charge on any atom is 0.225 e. The lowest BCUT2D eigenvalue weighted by Gasteiger charge is -2.38. The molecule has 0 aromatic carbocycles. The Balaban J connectivity index is 2.00. The number of nitrogens with two attached hydrogens (primary N) is 1. The van der Waals surface area contributed by atoms with Gasteiger partial charge in [0.05, 0.1) is 0 Å². The van der Waals surface area contributed by atoms with Crippen molar-refractivity contribution in [2.45, 2.75) is 39.7 Å². The lowest BCUT2D eigenvalue weighted by molar-refractivity contribution is 0.237. The van der Waals surface area contributed by atoms with Gasteiger partial charge in [0.2, 0.25) is 5.95 Å². The van der Waals surface area contributed by atoms with E-state index < -0.39 is 0 Å². The zero-order chi connectivity index (χ0) is 12.3. The number of rotatable bonds is 3. The van der Waals surface area contributed by atoms with Crippen LogP contribution >= 0.6 is 0 Å². The van der Waals surface area contributed by atoms with E-state index in [0.29, 0.717) is 12.0 Å². The highest BCUT2D eigenvalue weighted by molar-refractivity contribution is 5.30. The monoisotopic (exact) mass is 234 g/mol. The maximum atomic E-state index is 5.54. The van der Waals surface area contributed by atoms with Gasteiger partial charge in [-0.25, -0.2) is 9.97 Å². The largest absolute Gasteiger partial charge is 0.341 e. The van der Waals surface area contributed by atoms with Crippen LogP contribution in [-0.2, 0) is 6.54 Å². The second-order valence-electron chi connectivity index (χ2n) is 5.25. The zero-order valence-electron chi connectivity index (χ0n) is 10.8. The molecule has 1 aromatic rings. The fourth-order valence-corrected chi connectivity index (χ4v) is 2.22. The van der Waals surface area contributed by atoms with Crippen LogP contribution in [-0.4, -0.2) is 23.1 Å². The van der Waals surface area contributed by atoms with E-state index in [0.717, 1.165) is 24.6 Å². The normalized spacial score (nSPS) is 19.4. The van der Waals surface area contributed by atoms with Crippen LogP contribution in [0.1, 0.15) is 38.7 Å². The summed E-state index contributed by atoms with van der Waals surface area (Å²) in [7, 11) is 0. The first-order valence-corrected chi connectivity index (χ1v) is 6.43. The number of hydrogen-bond donors (Lipinski definition) is 1. The van der Waals surface area contributed by atoms with E-state index in [-0.39, 0.29) is 0 Å². The van der Waals surface area contributed by atoms with E-state index in [2.05, 4.69) is 28.7 Å². The third kappa shape index (κ3) is 2.75. The highest BCUT2D eigenvalue weighted by atomic mass is 15.2. The van der Waals surface area contributed by atoms with Crippen molar-refractivity contribution in [3.63, 3.8) is 0 Å². The molecule has 0 unspecified atom stereocenters. The molecule has 2 heterocycles. The highest BCUT2D eigenvalue weighted by Gasteiger charge is 2.29. The van der Waals surface area contributed by atoms with Crippen LogP contribution < -0.4 is 10.6 Å². The lowest BCUT2D eigenvalue weighted by Crippen LogP contribution is -2.39. The fourth-order valence-electron chi connectivity index (χ4n) is 2.22. The molecule has 1 aliphatic heterocycles. The Morgan fingerprint density at radius 3 is 2.35 bits per heavy atom. The first-order chi connectivity index (χ1) is 8.17. The second-order valence-corrected chi connectivity index (χ2v) is 5.25. The van der Waals surface area contributed by atoms with E-state index in [9.17, 15) is 0 Å².